The molecule has 0 fully saturated rings. The second-order valence-electron chi connectivity index (χ2n) is 4.94. The first-order valence-corrected chi connectivity index (χ1v) is 8.93. The van der Waals surface area contributed by atoms with Crippen molar-refractivity contribution in [2.24, 2.45) is 0 Å². The van der Waals surface area contributed by atoms with Gasteiger partial charge < -0.3 is 13.8 Å². The lowest BCUT2D eigenvalue weighted by molar-refractivity contribution is 0.0328. The second kappa shape index (κ2) is 8.20. The average Bonchev–Trinajstić information content (AvgIpc) is 2.62. The molecule has 7 heteroatoms. The van der Waals surface area contributed by atoms with Crippen LogP contribution < -0.4 is 0 Å². The van der Waals surface area contributed by atoms with Gasteiger partial charge in [-0.15, -0.1) is 0 Å². The molecule has 0 N–H and O–H groups in total. The van der Waals surface area contributed by atoms with Crippen molar-refractivity contribution < 1.29 is 27.5 Å². The van der Waals surface area contributed by atoms with Crippen molar-refractivity contribution in [3.05, 3.63) is 71.5 Å². The van der Waals surface area contributed by atoms with Gasteiger partial charge in [0, 0.05) is 14.2 Å². The molecule has 0 radical (unpaired) electrons. The van der Waals surface area contributed by atoms with Gasteiger partial charge in [0.05, 0.1) is 11.7 Å². The van der Waals surface area contributed by atoms with Crippen LogP contribution in [0.3, 0.4) is 0 Å². The third-order valence-electron chi connectivity index (χ3n) is 3.46. The molecule has 0 spiro atoms. The standard InChI is InChI=1S/C17H18FO5P/c1-21-24(20,22-2)12-16(13-8-4-3-5-9-13)23-17(19)14-10-6-7-11-15(14)18/h3-11,16H,12H2,1-2H3/t16-/m1/s1. The summed E-state index contributed by atoms with van der Waals surface area (Å²) in [5.41, 5.74) is 0.416. The molecular weight excluding hydrogens is 334 g/mol. The first-order valence-electron chi connectivity index (χ1n) is 7.20. The van der Waals surface area contributed by atoms with Gasteiger partial charge in [-0.25, -0.2) is 9.18 Å². The highest BCUT2D eigenvalue weighted by Crippen LogP contribution is 2.50. The Balaban J connectivity index is 2.28. The number of hydrogen-bond acceptors (Lipinski definition) is 5. The van der Waals surface area contributed by atoms with Crippen molar-refractivity contribution in [3.63, 3.8) is 0 Å². The third kappa shape index (κ3) is 4.51. The Morgan fingerprint density at radius 1 is 1.04 bits per heavy atom. The molecule has 0 heterocycles. The van der Waals surface area contributed by atoms with Crippen LogP contribution >= 0.6 is 7.60 Å². The van der Waals surface area contributed by atoms with E-state index in [4.69, 9.17) is 13.8 Å². The van der Waals surface area contributed by atoms with Crippen molar-refractivity contribution in [3.8, 4) is 0 Å². The summed E-state index contributed by atoms with van der Waals surface area (Å²) >= 11 is 0. The lowest BCUT2D eigenvalue weighted by atomic mass is 10.1. The molecule has 0 aliphatic rings. The highest BCUT2D eigenvalue weighted by Gasteiger charge is 2.31. The number of hydrogen-bond donors (Lipinski definition) is 0. The van der Waals surface area contributed by atoms with E-state index < -0.39 is 25.5 Å². The molecule has 0 saturated heterocycles. The summed E-state index contributed by atoms with van der Waals surface area (Å²) in [6.45, 7) is 0. The van der Waals surface area contributed by atoms with Gasteiger partial charge in [-0.1, -0.05) is 42.5 Å². The van der Waals surface area contributed by atoms with Gasteiger partial charge in [-0.3, -0.25) is 4.57 Å². The van der Waals surface area contributed by atoms with Crippen molar-refractivity contribution in [1.82, 2.24) is 0 Å². The largest absolute Gasteiger partial charge is 0.453 e. The molecule has 2 rings (SSSR count). The van der Waals surface area contributed by atoms with Crippen LogP contribution in [0.4, 0.5) is 4.39 Å². The molecule has 5 nitrogen and oxygen atoms in total. The van der Waals surface area contributed by atoms with Gasteiger partial charge in [0.2, 0.25) is 0 Å². The van der Waals surface area contributed by atoms with E-state index in [0.29, 0.717) is 5.56 Å². The maximum Gasteiger partial charge on any atom is 0.341 e. The highest BCUT2D eigenvalue weighted by molar-refractivity contribution is 7.53. The predicted octanol–water partition coefficient (Wildman–Crippen LogP) is 4.21. The fraction of sp³-hybridized carbons (Fsp3) is 0.235. The van der Waals surface area contributed by atoms with Gasteiger partial charge in [0.15, 0.2) is 0 Å². The number of rotatable bonds is 7. The summed E-state index contributed by atoms with van der Waals surface area (Å²) in [6, 6.07) is 14.2. The number of carbonyl (C=O) groups is 1. The molecule has 0 aliphatic carbocycles. The third-order valence-corrected chi connectivity index (χ3v) is 5.35. The molecule has 0 aromatic heterocycles. The van der Waals surface area contributed by atoms with Crippen LogP contribution in [0.2, 0.25) is 0 Å². The van der Waals surface area contributed by atoms with Crippen LogP contribution in [0.25, 0.3) is 0 Å². The minimum Gasteiger partial charge on any atom is -0.453 e. The van der Waals surface area contributed by atoms with Crippen molar-refractivity contribution in [2.75, 3.05) is 20.4 Å². The van der Waals surface area contributed by atoms with Gasteiger partial charge >= 0.3 is 13.6 Å². The second-order valence-corrected chi connectivity index (χ2v) is 7.26. The number of esters is 1. The summed E-state index contributed by atoms with van der Waals surface area (Å²) in [5.74, 6) is -1.53. The fourth-order valence-electron chi connectivity index (χ4n) is 2.12. The van der Waals surface area contributed by atoms with E-state index in [-0.39, 0.29) is 11.7 Å². The number of halogens is 1. The van der Waals surface area contributed by atoms with Crippen molar-refractivity contribution >= 4 is 13.6 Å². The molecule has 2 aromatic rings. The lowest BCUT2D eigenvalue weighted by Gasteiger charge is -2.22. The maximum absolute atomic E-state index is 13.8. The Kier molecular flexibility index (Phi) is 6.26. The van der Waals surface area contributed by atoms with Gasteiger partial charge in [-0.2, -0.15) is 0 Å². The molecule has 0 unspecified atom stereocenters. The molecule has 0 amide bonds. The summed E-state index contributed by atoms with van der Waals surface area (Å²) in [4.78, 5) is 12.3. The quantitative estimate of drug-likeness (QED) is 0.552. The summed E-state index contributed by atoms with van der Waals surface area (Å²) in [7, 11) is -0.923. The Labute approximate surface area is 139 Å². The SMILES string of the molecule is COP(=O)(C[C@@H](OC(=O)c1ccccc1F)c1ccccc1)OC. The van der Waals surface area contributed by atoms with Crippen LogP contribution in [-0.4, -0.2) is 26.4 Å². The number of ether oxygens (including phenoxy) is 1. The Hall–Kier alpha value is -2.01. The molecule has 2 aromatic carbocycles. The van der Waals surface area contributed by atoms with Crippen LogP contribution in [0.1, 0.15) is 22.0 Å². The molecule has 0 aliphatic heterocycles. The van der Waals surface area contributed by atoms with Crippen LogP contribution in [-0.2, 0) is 18.3 Å². The zero-order chi connectivity index (χ0) is 17.6. The Morgan fingerprint density at radius 2 is 1.62 bits per heavy atom. The van der Waals surface area contributed by atoms with E-state index >= 15 is 0 Å². The molecule has 0 saturated carbocycles. The predicted molar refractivity (Wildman–Crippen MR) is 87.5 cm³/mol. The zero-order valence-electron chi connectivity index (χ0n) is 13.3. The smallest absolute Gasteiger partial charge is 0.341 e. The maximum atomic E-state index is 13.8. The molecular formula is C17H18FO5P. The van der Waals surface area contributed by atoms with Crippen LogP contribution in [0.15, 0.2) is 54.6 Å². The van der Waals surface area contributed by atoms with E-state index in [1.54, 1.807) is 30.3 Å². The number of benzene rings is 2. The summed E-state index contributed by atoms with van der Waals surface area (Å²) in [6.07, 6.45) is -1.08. The van der Waals surface area contributed by atoms with E-state index in [2.05, 4.69) is 0 Å². The Morgan fingerprint density at radius 3 is 2.21 bits per heavy atom. The topological polar surface area (TPSA) is 61.8 Å². The molecule has 0 bridgehead atoms. The first kappa shape index (κ1) is 18.3. The van der Waals surface area contributed by atoms with E-state index in [9.17, 15) is 13.8 Å². The molecule has 1 atom stereocenters. The molecule has 128 valence electrons. The van der Waals surface area contributed by atoms with E-state index in [1.807, 2.05) is 0 Å². The van der Waals surface area contributed by atoms with Gasteiger partial charge in [0.25, 0.3) is 0 Å². The van der Waals surface area contributed by atoms with Crippen LogP contribution in [0.5, 0.6) is 0 Å². The van der Waals surface area contributed by atoms with Crippen molar-refractivity contribution in [2.45, 2.75) is 6.10 Å². The number of carbonyl (C=O) groups excluding carboxylic acids is 1. The van der Waals surface area contributed by atoms with Gasteiger partial charge in [0.1, 0.15) is 11.9 Å². The van der Waals surface area contributed by atoms with E-state index in [0.717, 1.165) is 0 Å². The monoisotopic (exact) mass is 352 g/mol. The average molecular weight is 352 g/mol. The first-order chi connectivity index (χ1) is 11.5. The summed E-state index contributed by atoms with van der Waals surface area (Å²) in [5, 5.41) is 0. The fourth-order valence-corrected chi connectivity index (χ4v) is 3.26. The van der Waals surface area contributed by atoms with E-state index in [1.165, 1.54) is 38.5 Å². The zero-order valence-corrected chi connectivity index (χ0v) is 14.2. The Bertz CT molecular complexity index is 727. The molecule has 24 heavy (non-hydrogen) atoms. The minimum absolute atomic E-state index is 0.176. The van der Waals surface area contributed by atoms with Crippen molar-refractivity contribution in [1.29, 1.82) is 0 Å². The minimum atomic E-state index is -3.43. The summed E-state index contributed by atoms with van der Waals surface area (Å²) < 4.78 is 41.4. The lowest BCUT2D eigenvalue weighted by Crippen LogP contribution is -2.17. The van der Waals surface area contributed by atoms with Gasteiger partial charge in [-0.05, 0) is 17.7 Å². The highest BCUT2D eigenvalue weighted by atomic mass is 31.2. The van der Waals surface area contributed by atoms with Crippen LogP contribution in [0, 0.1) is 5.82 Å². The normalized spacial score (nSPS) is 12.6.